The number of amides is 1. The zero-order valence-corrected chi connectivity index (χ0v) is 13.1. The summed E-state index contributed by atoms with van der Waals surface area (Å²) in [5, 5.41) is 3.32. The average Bonchev–Trinajstić information content (AvgIpc) is 2.48. The Bertz CT molecular complexity index is 295. The first kappa shape index (κ1) is 15.8. The third-order valence-corrected chi connectivity index (χ3v) is 4.88. The summed E-state index contributed by atoms with van der Waals surface area (Å²) in [4.78, 5) is 14.2. The molecule has 0 aromatic carbocycles. The molecule has 1 heterocycles. The molecule has 1 amide bonds. The van der Waals surface area contributed by atoms with E-state index in [4.69, 9.17) is 4.74 Å². The monoisotopic (exact) mass is 282 g/mol. The number of nitrogens with zero attached hydrogens (tertiary/aromatic N) is 1. The quantitative estimate of drug-likeness (QED) is 0.840. The summed E-state index contributed by atoms with van der Waals surface area (Å²) >= 11 is 0. The zero-order chi connectivity index (χ0) is 14.4. The van der Waals surface area contributed by atoms with Gasteiger partial charge >= 0.3 is 0 Å². The molecule has 1 N–H and O–H groups in total. The Hall–Kier alpha value is -0.610. The van der Waals surface area contributed by atoms with Gasteiger partial charge in [-0.05, 0) is 57.5 Å². The number of carbonyl (C=O) groups is 1. The summed E-state index contributed by atoms with van der Waals surface area (Å²) < 4.78 is 5.82. The number of carbonyl (C=O) groups excluding carboxylic acids is 1. The van der Waals surface area contributed by atoms with Crippen LogP contribution in [-0.2, 0) is 9.53 Å². The molecule has 1 saturated heterocycles. The lowest BCUT2D eigenvalue weighted by Crippen LogP contribution is -2.40. The molecule has 1 aliphatic carbocycles. The second kappa shape index (κ2) is 7.99. The summed E-state index contributed by atoms with van der Waals surface area (Å²) in [5.41, 5.74) is 0. The third kappa shape index (κ3) is 4.74. The van der Waals surface area contributed by atoms with Gasteiger partial charge in [0.05, 0.1) is 19.1 Å². The minimum atomic E-state index is 0.249. The van der Waals surface area contributed by atoms with Crippen LogP contribution in [0.3, 0.4) is 0 Å². The van der Waals surface area contributed by atoms with Gasteiger partial charge in [0.25, 0.3) is 0 Å². The van der Waals surface area contributed by atoms with Crippen LogP contribution in [0.25, 0.3) is 0 Å². The first-order chi connectivity index (χ1) is 9.66. The smallest absolute Gasteiger partial charge is 0.224 e. The highest BCUT2D eigenvalue weighted by Crippen LogP contribution is 2.26. The van der Waals surface area contributed by atoms with Crippen LogP contribution in [-0.4, -0.2) is 49.7 Å². The van der Waals surface area contributed by atoms with E-state index >= 15 is 0 Å². The zero-order valence-electron chi connectivity index (χ0n) is 13.1. The van der Waals surface area contributed by atoms with Crippen molar-refractivity contribution in [3.63, 3.8) is 0 Å². The predicted molar refractivity (Wildman–Crippen MR) is 80.7 cm³/mol. The molecule has 0 aromatic heterocycles. The van der Waals surface area contributed by atoms with Gasteiger partial charge in [0, 0.05) is 13.1 Å². The molecule has 0 spiro atoms. The van der Waals surface area contributed by atoms with E-state index in [1.807, 2.05) is 11.9 Å². The average molecular weight is 282 g/mol. The highest BCUT2D eigenvalue weighted by Gasteiger charge is 2.24. The van der Waals surface area contributed by atoms with Crippen molar-refractivity contribution in [3.05, 3.63) is 0 Å². The van der Waals surface area contributed by atoms with Gasteiger partial charge in [0.15, 0.2) is 0 Å². The molecular weight excluding hydrogens is 252 g/mol. The molecule has 116 valence electrons. The number of rotatable bonds is 5. The van der Waals surface area contributed by atoms with E-state index in [1.165, 1.54) is 25.7 Å². The molecular formula is C16H30N2O2. The molecule has 0 bridgehead atoms. The van der Waals surface area contributed by atoms with Crippen molar-refractivity contribution >= 4 is 5.91 Å². The molecule has 1 saturated carbocycles. The fourth-order valence-corrected chi connectivity index (χ4v) is 3.28. The van der Waals surface area contributed by atoms with Crippen LogP contribution in [0.5, 0.6) is 0 Å². The molecule has 0 aromatic rings. The molecule has 2 rings (SSSR count). The lowest BCUT2D eigenvalue weighted by molar-refractivity contribution is -0.134. The Balaban J connectivity index is 1.63. The van der Waals surface area contributed by atoms with Crippen LogP contribution in [0.2, 0.25) is 0 Å². The van der Waals surface area contributed by atoms with E-state index in [0.29, 0.717) is 25.2 Å². The van der Waals surface area contributed by atoms with Gasteiger partial charge in [-0.1, -0.05) is 6.92 Å². The van der Waals surface area contributed by atoms with Gasteiger partial charge in [-0.25, -0.2) is 0 Å². The van der Waals surface area contributed by atoms with E-state index in [0.717, 1.165) is 31.8 Å². The van der Waals surface area contributed by atoms with Crippen LogP contribution in [0.1, 0.15) is 51.9 Å². The maximum atomic E-state index is 12.2. The SMILES string of the molecule is CC1CCC(N(C)C(=O)CCOC2CCNCC2)CC1. The molecule has 1 aliphatic heterocycles. The number of ether oxygens (including phenoxy) is 1. The molecule has 4 nitrogen and oxygen atoms in total. The number of piperidine rings is 1. The highest BCUT2D eigenvalue weighted by molar-refractivity contribution is 5.76. The first-order valence-electron chi connectivity index (χ1n) is 8.25. The summed E-state index contributed by atoms with van der Waals surface area (Å²) in [5.74, 6) is 1.08. The summed E-state index contributed by atoms with van der Waals surface area (Å²) in [6.07, 6.45) is 7.88. The fraction of sp³-hybridized carbons (Fsp3) is 0.938. The Morgan fingerprint density at radius 2 is 1.80 bits per heavy atom. The van der Waals surface area contributed by atoms with Crippen molar-refractivity contribution in [3.8, 4) is 0 Å². The van der Waals surface area contributed by atoms with Gasteiger partial charge in [-0.2, -0.15) is 0 Å². The molecule has 4 heteroatoms. The summed E-state index contributed by atoms with van der Waals surface area (Å²) in [6.45, 7) is 4.97. The van der Waals surface area contributed by atoms with Crippen LogP contribution in [0, 0.1) is 5.92 Å². The highest BCUT2D eigenvalue weighted by atomic mass is 16.5. The van der Waals surface area contributed by atoms with Crippen LogP contribution >= 0.6 is 0 Å². The van der Waals surface area contributed by atoms with E-state index in [2.05, 4.69) is 12.2 Å². The van der Waals surface area contributed by atoms with Gasteiger partial charge < -0.3 is 15.0 Å². The van der Waals surface area contributed by atoms with E-state index < -0.39 is 0 Å². The van der Waals surface area contributed by atoms with E-state index in [-0.39, 0.29) is 5.91 Å². The van der Waals surface area contributed by atoms with Crippen molar-refractivity contribution < 1.29 is 9.53 Å². The topological polar surface area (TPSA) is 41.6 Å². The van der Waals surface area contributed by atoms with Crippen molar-refractivity contribution in [1.82, 2.24) is 10.2 Å². The first-order valence-corrected chi connectivity index (χ1v) is 8.25. The standard InChI is InChI=1S/C16H30N2O2/c1-13-3-5-14(6-4-13)18(2)16(19)9-12-20-15-7-10-17-11-8-15/h13-15,17H,3-12H2,1-2H3. The second-order valence-electron chi connectivity index (χ2n) is 6.49. The van der Waals surface area contributed by atoms with Gasteiger partial charge in [0.2, 0.25) is 5.91 Å². The second-order valence-corrected chi connectivity index (χ2v) is 6.49. The molecule has 20 heavy (non-hydrogen) atoms. The molecule has 0 radical (unpaired) electrons. The van der Waals surface area contributed by atoms with E-state index in [9.17, 15) is 4.79 Å². The lowest BCUT2D eigenvalue weighted by atomic mass is 9.86. The van der Waals surface area contributed by atoms with Crippen LogP contribution in [0.15, 0.2) is 0 Å². The Morgan fingerprint density at radius 1 is 1.15 bits per heavy atom. The lowest BCUT2D eigenvalue weighted by Gasteiger charge is -2.33. The minimum absolute atomic E-state index is 0.249. The van der Waals surface area contributed by atoms with Gasteiger partial charge in [-0.3, -0.25) is 4.79 Å². The predicted octanol–water partition coefficient (Wildman–Crippen LogP) is 2.18. The van der Waals surface area contributed by atoms with Gasteiger partial charge in [-0.15, -0.1) is 0 Å². The largest absolute Gasteiger partial charge is 0.378 e. The molecule has 0 atom stereocenters. The van der Waals surface area contributed by atoms with Crippen LogP contribution < -0.4 is 5.32 Å². The normalized spacial score (nSPS) is 28.3. The van der Waals surface area contributed by atoms with Crippen molar-refractivity contribution in [2.45, 2.75) is 64.0 Å². The Kier molecular flexibility index (Phi) is 6.30. The Morgan fingerprint density at radius 3 is 2.45 bits per heavy atom. The number of nitrogens with one attached hydrogen (secondary N) is 1. The number of hydrogen-bond acceptors (Lipinski definition) is 3. The van der Waals surface area contributed by atoms with Gasteiger partial charge in [0.1, 0.15) is 0 Å². The fourth-order valence-electron chi connectivity index (χ4n) is 3.28. The molecule has 2 aliphatic rings. The molecule has 0 unspecified atom stereocenters. The van der Waals surface area contributed by atoms with Crippen molar-refractivity contribution in [2.24, 2.45) is 5.92 Å². The maximum absolute atomic E-state index is 12.2. The summed E-state index contributed by atoms with van der Waals surface area (Å²) in [6, 6.07) is 0.456. The van der Waals surface area contributed by atoms with Crippen molar-refractivity contribution in [2.75, 3.05) is 26.7 Å². The molecule has 2 fully saturated rings. The van der Waals surface area contributed by atoms with Crippen molar-refractivity contribution in [1.29, 1.82) is 0 Å². The Labute approximate surface area is 123 Å². The van der Waals surface area contributed by atoms with Crippen LogP contribution in [0.4, 0.5) is 0 Å². The number of hydrogen-bond donors (Lipinski definition) is 1. The summed E-state index contributed by atoms with van der Waals surface area (Å²) in [7, 11) is 1.97. The maximum Gasteiger partial charge on any atom is 0.224 e. The minimum Gasteiger partial charge on any atom is -0.378 e. The van der Waals surface area contributed by atoms with E-state index in [1.54, 1.807) is 0 Å². The third-order valence-electron chi connectivity index (χ3n) is 4.88.